The Balaban J connectivity index is 1.64. The number of benzene rings is 1. The van der Waals surface area contributed by atoms with E-state index in [0.29, 0.717) is 11.4 Å². The molecule has 2 heterocycles. The summed E-state index contributed by atoms with van der Waals surface area (Å²) in [5.74, 6) is -0.451. The molecule has 0 aliphatic heterocycles. The highest BCUT2D eigenvalue weighted by atomic mass is 19.1. The summed E-state index contributed by atoms with van der Waals surface area (Å²) in [5, 5.41) is 10.8. The number of aromatic nitrogens is 3. The van der Waals surface area contributed by atoms with E-state index in [-0.39, 0.29) is 17.8 Å². The summed E-state index contributed by atoms with van der Waals surface area (Å²) in [6.07, 6.45) is 7.23. The predicted octanol–water partition coefficient (Wildman–Crippen LogP) is 3.16. The molecular formula is C18H15FN4O. The van der Waals surface area contributed by atoms with Crippen LogP contribution in [0.1, 0.15) is 34.6 Å². The number of fused-ring (bicyclic) bond motifs is 1. The topological polar surface area (TPSA) is 70.7 Å². The zero-order chi connectivity index (χ0) is 16.5. The van der Waals surface area contributed by atoms with Crippen molar-refractivity contribution in [2.75, 3.05) is 0 Å². The molecule has 0 saturated heterocycles. The van der Waals surface area contributed by atoms with Gasteiger partial charge in [0.25, 0.3) is 5.91 Å². The van der Waals surface area contributed by atoms with Gasteiger partial charge < -0.3 is 5.32 Å². The number of hydrogen-bond donors (Lipinski definition) is 2. The van der Waals surface area contributed by atoms with Crippen molar-refractivity contribution < 1.29 is 9.18 Å². The first-order valence-electron chi connectivity index (χ1n) is 7.78. The standard InChI is InChI=1S/C18H15FN4O/c19-12-3-1-2-11(8-12)4-7-15-14-9-16(18(24)21-13-5-6-13)20-10-17(14)23-22-15/h1-4,7-10,13H,5-6H2,(H,21,24)(H,22,23). The van der Waals surface area contributed by atoms with Crippen molar-refractivity contribution in [3.8, 4) is 0 Å². The number of carbonyl (C=O) groups is 1. The molecule has 24 heavy (non-hydrogen) atoms. The van der Waals surface area contributed by atoms with Gasteiger partial charge in [-0.05, 0) is 42.7 Å². The molecule has 1 aliphatic carbocycles. The lowest BCUT2D eigenvalue weighted by atomic mass is 10.1. The maximum Gasteiger partial charge on any atom is 0.270 e. The summed E-state index contributed by atoms with van der Waals surface area (Å²) >= 11 is 0. The Morgan fingerprint density at radius 3 is 2.96 bits per heavy atom. The van der Waals surface area contributed by atoms with E-state index in [4.69, 9.17) is 0 Å². The van der Waals surface area contributed by atoms with Crippen molar-refractivity contribution in [2.24, 2.45) is 0 Å². The maximum absolute atomic E-state index is 13.2. The van der Waals surface area contributed by atoms with Gasteiger partial charge in [0.2, 0.25) is 0 Å². The highest BCUT2D eigenvalue weighted by Crippen LogP contribution is 2.21. The number of hydrogen-bond acceptors (Lipinski definition) is 3. The van der Waals surface area contributed by atoms with Crippen molar-refractivity contribution >= 4 is 29.0 Å². The molecule has 6 heteroatoms. The van der Waals surface area contributed by atoms with E-state index in [1.165, 1.54) is 12.1 Å². The van der Waals surface area contributed by atoms with Gasteiger partial charge in [-0.15, -0.1) is 0 Å². The first-order valence-corrected chi connectivity index (χ1v) is 7.78. The lowest BCUT2D eigenvalue weighted by molar-refractivity contribution is 0.0946. The fraction of sp³-hybridized carbons (Fsp3) is 0.167. The number of rotatable bonds is 4. The summed E-state index contributed by atoms with van der Waals surface area (Å²) in [6.45, 7) is 0. The Bertz CT molecular complexity index is 943. The average Bonchev–Trinajstić information content (AvgIpc) is 3.30. The highest BCUT2D eigenvalue weighted by molar-refractivity contribution is 5.98. The molecule has 0 bridgehead atoms. The third-order valence-electron chi connectivity index (χ3n) is 3.90. The van der Waals surface area contributed by atoms with Crippen LogP contribution in [-0.4, -0.2) is 27.1 Å². The second-order valence-electron chi connectivity index (χ2n) is 5.86. The molecule has 3 aromatic rings. The van der Waals surface area contributed by atoms with Crippen LogP contribution in [0.2, 0.25) is 0 Å². The molecular weight excluding hydrogens is 307 g/mol. The van der Waals surface area contributed by atoms with Crippen molar-refractivity contribution in [1.82, 2.24) is 20.5 Å². The van der Waals surface area contributed by atoms with Gasteiger partial charge in [-0.25, -0.2) is 9.37 Å². The zero-order valence-electron chi connectivity index (χ0n) is 12.8. The smallest absolute Gasteiger partial charge is 0.270 e. The van der Waals surface area contributed by atoms with Crippen molar-refractivity contribution in [3.05, 3.63) is 59.3 Å². The van der Waals surface area contributed by atoms with E-state index in [1.807, 2.05) is 6.07 Å². The van der Waals surface area contributed by atoms with Crippen LogP contribution in [0, 0.1) is 5.82 Å². The summed E-state index contributed by atoms with van der Waals surface area (Å²) in [4.78, 5) is 16.3. The minimum atomic E-state index is -0.285. The predicted molar refractivity (Wildman–Crippen MR) is 89.7 cm³/mol. The fourth-order valence-corrected chi connectivity index (χ4v) is 2.46. The number of pyridine rings is 1. The molecule has 1 aliphatic rings. The van der Waals surface area contributed by atoms with Crippen LogP contribution in [0.3, 0.4) is 0 Å². The van der Waals surface area contributed by atoms with Gasteiger partial charge in [0, 0.05) is 11.4 Å². The Morgan fingerprint density at radius 1 is 1.29 bits per heavy atom. The third kappa shape index (κ3) is 3.03. The summed E-state index contributed by atoms with van der Waals surface area (Å²) in [7, 11) is 0. The molecule has 0 unspecified atom stereocenters. The molecule has 1 fully saturated rings. The molecule has 1 saturated carbocycles. The number of nitrogens with zero attached hydrogens (tertiary/aromatic N) is 2. The van der Waals surface area contributed by atoms with Crippen LogP contribution in [0.25, 0.3) is 23.1 Å². The Labute approximate surface area is 137 Å². The lowest BCUT2D eigenvalue weighted by Gasteiger charge is -2.02. The molecule has 2 aromatic heterocycles. The van der Waals surface area contributed by atoms with E-state index in [1.54, 1.807) is 30.5 Å². The lowest BCUT2D eigenvalue weighted by Crippen LogP contribution is -2.26. The van der Waals surface area contributed by atoms with Gasteiger partial charge in [0.15, 0.2) is 0 Å². The van der Waals surface area contributed by atoms with E-state index >= 15 is 0 Å². The number of amides is 1. The SMILES string of the molecule is O=C(NC1CC1)c1cc2c(C=Cc3cccc(F)c3)n[nH]c2cn1. The van der Waals surface area contributed by atoms with Crippen molar-refractivity contribution in [2.45, 2.75) is 18.9 Å². The Hall–Kier alpha value is -3.02. The van der Waals surface area contributed by atoms with E-state index in [9.17, 15) is 9.18 Å². The average molecular weight is 322 g/mol. The second kappa shape index (κ2) is 5.88. The molecule has 1 amide bonds. The minimum absolute atomic E-state index is 0.166. The van der Waals surface area contributed by atoms with Gasteiger partial charge in [-0.1, -0.05) is 18.2 Å². The van der Waals surface area contributed by atoms with Crippen LogP contribution >= 0.6 is 0 Å². The number of nitrogens with one attached hydrogen (secondary N) is 2. The molecule has 0 spiro atoms. The number of aromatic amines is 1. The molecule has 4 rings (SSSR count). The minimum Gasteiger partial charge on any atom is -0.348 e. The zero-order valence-corrected chi connectivity index (χ0v) is 12.8. The van der Waals surface area contributed by atoms with E-state index < -0.39 is 0 Å². The first kappa shape index (κ1) is 14.6. The van der Waals surface area contributed by atoms with E-state index in [2.05, 4.69) is 20.5 Å². The summed E-state index contributed by atoms with van der Waals surface area (Å²) in [6, 6.07) is 8.32. The second-order valence-corrected chi connectivity index (χ2v) is 5.86. The number of halogens is 1. The molecule has 1 aromatic carbocycles. The van der Waals surface area contributed by atoms with Crippen LogP contribution in [0.15, 0.2) is 36.5 Å². The van der Waals surface area contributed by atoms with Gasteiger partial charge >= 0.3 is 0 Å². The fourth-order valence-electron chi connectivity index (χ4n) is 2.46. The highest BCUT2D eigenvalue weighted by Gasteiger charge is 2.24. The van der Waals surface area contributed by atoms with Crippen molar-refractivity contribution in [1.29, 1.82) is 0 Å². The maximum atomic E-state index is 13.2. The Morgan fingerprint density at radius 2 is 2.17 bits per heavy atom. The van der Waals surface area contributed by atoms with Crippen LogP contribution < -0.4 is 5.32 Å². The van der Waals surface area contributed by atoms with Gasteiger partial charge in [0.05, 0.1) is 17.4 Å². The monoisotopic (exact) mass is 322 g/mol. The molecule has 2 N–H and O–H groups in total. The molecule has 0 radical (unpaired) electrons. The quantitative estimate of drug-likeness (QED) is 0.775. The third-order valence-corrected chi connectivity index (χ3v) is 3.90. The van der Waals surface area contributed by atoms with Crippen LogP contribution in [0.4, 0.5) is 4.39 Å². The molecule has 5 nitrogen and oxygen atoms in total. The largest absolute Gasteiger partial charge is 0.348 e. The summed E-state index contributed by atoms with van der Waals surface area (Å²) < 4.78 is 13.2. The summed E-state index contributed by atoms with van der Waals surface area (Å²) in [5.41, 5.74) is 2.54. The van der Waals surface area contributed by atoms with Gasteiger partial charge in [-0.2, -0.15) is 5.10 Å². The van der Waals surface area contributed by atoms with Crippen LogP contribution in [0.5, 0.6) is 0 Å². The Kier molecular flexibility index (Phi) is 3.57. The molecule has 0 atom stereocenters. The number of carbonyl (C=O) groups excluding carboxylic acids is 1. The van der Waals surface area contributed by atoms with Crippen LogP contribution in [-0.2, 0) is 0 Å². The van der Waals surface area contributed by atoms with Gasteiger partial charge in [-0.3, -0.25) is 9.89 Å². The molecule has 120 valence electrons. The van der Waals surface area contributed by atoms with Gasteiger partial charge in [0.1, 0.15) is 11.5 Å². The first-order chi connectivity index (χ1) is 11.7. The van der Waals surface area contributed by atoms with Crippen molar-refractivity contribution in [3.63, 3.8) is 0 Å². The number of H-pyrrole nitrogens is 1. The normalized spacial score (nSPS) is 14.4. The van der Waals surface area contributed by atoms with E-state index in [0.717, 1.165) is 29.3 Å².